The van der Waals surface area contributed by atoms with Crippen LogP contribution in [0, 0.1) is 0 Å². The molecule has 1 amide bonds. The molecule has 2 aromatic rings. The van der Waals surface area contributed by atoms with Crippen molar-refractivity contribution in [2.75, 3.05) is 17.7 Å². The molecule has 4 nitrogen and oxygen atoms in total. The molecule has 0 aromatic heterocycles. The van der Waals surface area contributed by atoms with Crippen molar-refractivity contribution >= 4 is 17.3 Å². The van der Waals surface area contributed by atoms with Crippen molar-refractivity contribution in [3.05, 3.63) is 53.6 Å². The maximum absolute atomic E-state index is 12.4. The first-order chi connectivity index (χ1) is 11.7. The van der Waals surface area contributed by atoms with Gasteiger partial charge in [-0.25, -0.2) is 0 Å². The van der Waals surface area contributed by atoms with Crippen LogP contribution in [0.25, 0.3) is 0 Å². The average molecular weight is 324 g/mol. The molecule has 0 fully saturated rings. The van der Waals surface area contributed by atoms with Crippen molar-refractivity contribution in [1.29, 1.82) is 0 Å². The molecular formula is C20H24N2O2. The van der Waals surface area contributed by atoms with Gasteiger partial charge in [-0.15, -0.1) is 0 Å². The standard InChI is InChI=1S/C20H24N2O2/c1-14(20(23)22-16-10-12-17(24-2)13-11-16)21-19-9-5-7-15-6-3-4-8-18(15)19/h5,7,9-14,21H,3-4,6,8H2,1-2H3,(H,22,23)/t14-/m0/s1. The third-order valence-electron chi connectivity index (χ3n) is 4.52. The normalized spacial score (nSPS) is 14.4. The van der Waals surface area contributed by atoms with Crippen LogP contribution in [0.15, 0.2) is 42.5 Å². The molecular weight excluding hydrogens is 300 g/mol. The van der Waals surface area contributed by atoms with E-state index in [0.717, 1.165) is 30.0 Å². The lowest BCUT2D eigenvalue weighted by Gasteiger charge is -2.22. The highest BCUT2D eigenvalue weighted by Crippen LogP contribution is 2.28. The van der Waals surface area contributed by atoms with Crippen LogP contribution in [0.5, 0.6) is 5.75 Å². The van der Waals surface area contributed by atoms with Crippen LogP contribution in [-0.4, -0.2) is 19.1 Å². The monoisotopic (exact) mass is 324 g/mol. The molecule has 4 heteroatoms. The Bertz CT molecular complexity index is 710. The second-order valence-electron chi connectivity index (χ2n) is 6.23. The lowest BCUT2D eigenvalue weighted by molar-refractivity contribution is -0.116. The van der Waals surface area contributed by atoms with Gasteiger partial charge < -0.3 is 15.4 Å². The van der Waals surface area contributed by atoms with E-state index >= 15 is 0 Å². The van der Waals surface area contributed by atoms with Gasteiger partial charge in [-0.2, -0.15) is 0 Å². The molecule has 0 spiro atoms. The van der Waals surface area contributed by atoms with Crippen LogP contribution >= 0.6 is 0 Å². The summed E-state index contributed by atoms with van der Waals surface area (Å²) in [5, 5.41) is 6.31. The van der Waals surface area contributed by atoms with E-state index in [1.54, 1.807) is 7.11 Å². The number of hydrogen-bond donors (Lipinski definition) is 2. The Morgan fingerprint density at radius 1 is 1.08 bits per heavy atom. The van der Waals surface area contributed by atoms with Crippen LogP contribution in [0.4, 0.5) is 11.4 Å². The van der Waals surface area contributed by atoms with Gasteiger partial charge in [-0.3, -0.25) is 4.79 Å². The summed E-state index contributed by atoms with van der Waals surface area (Å²) in [6.45, 7) is 1.89. The van der Waals surface area contributed by atoms with Gasteiger partial charge >= 0.3 is 0 Å². The van der Waals surface area contributed by atoms with Crippen molar-refractivity contribution in [2.45, 2.75) is 38.6 Å². The highest BCUT2D eigenvalue weighted by molar-refractivity contribution is 5.96. The van der Waals surface area contributed by atoms with Gasteiger partial charge in [0.05, 0.1) is 7.11 Å². The Labute approximate surface area is 143 Å². The first-order valence-electron chi connectivity index (χ1n) is 8.49. The van der Waals surface area contributed by atoms with Crippen molar-refractivity contribution in [3.8, 4) is 5.75 Å². The molecule has 0 saturated carbocycles. The Morgan fingerprint density at radius 2 is 1.83 bits per heavy atom. The van der Waals surface area contributed by atoms with Crippen LogP contribution in [-0.2, 0) is 17.6 Å². The fourth-order valence-electron chi connectivity index (χ4n) is 3.14. The molecule has 1 atom stereocenters. The van der Waals surface area contributed by atoms with Crippen molar-refractivity contribution in [2.24, 2.45) is 0 Å². The van der Waals surface area contributed by atoms with E-state index in [-0.39, 0.29) is 11.9 Å². The SMILES string of the molecule is COc1ccc(NC(=O)[C@H](C)Nc2cccc3c2CCCC3)cc1. The summed E-state index contributed by atoms with van der Waals surface area (Å²) < 4.78 is 5.13. The fraction of sp³-hybridized carbons (Fsp3) is 0.350. The molecule has 1 aliphatic rings. The quantitative estimate of drug-likeness (QED) is 0.873. The molecule has 0 aliphatic heterocycles. The molecule has 2 N–H and O–H groups in total. The molecule has 1 aliphatic carbocycles. The summed E-state index contributed by atoms with van der Waals surface area (Å²) in [6.07, 6.45) is 4.70. The number of fused-ring (bicyclic) bond motifs is 1. The van der Waals surface area contributed by atoms with E-state index < -0.39 is 0 Å². The van der Waals surface area contributed by atoms with E-state index in [1.807, 2.05) is 31.2 Å². The predicted octanol–water partition coefficient (Wildman–Crippen LogP) is 4.01. The van der Waals surface area contributed by atoms with E-state index in [2.05, 4.69) is 28.8 Å². The maximum Gasteiger partial charge on any atom is 0.246 e. The highest BCUT2D eigenvalue weighted by Gasteiger charge is 2.17. The number of benzene rings is 2. The van der Waals surface area contributed by atoms with Crippen LogP contribution in [0.1, 0.15) is 30.9 Å². The molecule has 24 heavy (non-hydrogen) atoms. The number of carbonyl (C=O) groups is 1. The van der Waals surface area contributed by atoms with Gasteiger partial charge in [0.25, 0.3) is 0 Å². The second kappa shape index (κ2) is 7.39. The first kappa shape index (κ1) is 16.4. The highest BCUT2D eigenvalue weighted by atomic mass is 16.5. The van der Waals surface area contributed by atoms with Crippen molar-refractivity contribution in [1.82, 2.24) is 0 Å². The minimum atomic E-state index is -0.305. The molecule has 0 radical (unpaired) electrons. The molecule has 0 unspecified atom stereocenters. The number of amides is 1. The van der Waals surface area contributed by atoms with Gasteiger partial charge in [0.15, 0.2) is 0 Å². The topological polar surface area (TPSA) is 50.4 Å². The zero-order valence-corrected chi connectivity index (χ0v) is 14.3. The van der Waals surface area contributed by atoms with Crippen molar-refractivity contribution < 1.29 is 9.53 Å². The van der Waals surface area contributed by atoms with Crippen LogP contribution in [0.2, 0.25) is 0 Å². The third-order valence-corrected chi connectivity index (χ3v) is 4.52. The molecule has 3 rings (SSSR count). The minimum Gasteiger partial charge on any atom is -0.497 e. The van der Waals surface area contributed by atoms with Crippen LogP contribution < -0.4 is 15.4 Å². The van der Waals surface area contributed by atoms with Crippen LogP contribution in [0.3, 0.4) is 0 Å². The van der Waals surface area contributed by atoms with Gasteiger partial charge in [-0.05, 0) is 74.1 Å². The van der Waals surface area contributed by atoms with E-state index in [4.69, 9.17) is 4.74 Å². The number of nitrogens with one attached hydrogen (secondary N) is 2. The summed E-state index contributed by atoms with van der Waals surface area (Å²) in [4.78, 5) is 12.4. The smallest absolute Gasteiger partial charge is 0.246 e. The number of hydrogen-bond acceptors (Lipinski definition) is 3. The molecule has 0 bridgehead atoms. The Balaban J connectivity index is 1.66. The number of carbonyl (C=O) groups excluding carboxylic acids is 1. The number of ether oxygens (including phenoxy) is 1. The zero-order chi connectivity index (χ0) is 16.9. The van der Waals surface area contributed by atoms with Gasteiger partial charge in [-0.1, -0.05) is 12.1 Å². The van der Waals surface area contributed by atoms with Gasteiger partial charge in [0.2, 0.25) is 5.91 Å². The summed E-state index contributed by atoms with van der Waals surface area (Å²) in [5.41, 5.74) is 4.64. The third kappa shape index (κ3) is 3.70. The Hall–Kier alpha value is -2.49. The fourth-order valence-corrected chi connectivity index (χ4v) is 3.14. The summed E-state index contributed by atoms with van der Waals surface area (Å²) >= 11 is 0. The van der Waals surface area contributed by atoms with E-state index in [0.29, 0.717) is 0 Å². The number of aryl methyl sites for hydroxylation is 1. The lowest BCUT2D eigenvalue weighted by atomic mass is 9.90. The average Bonchev–Trinajstić information content (AvgIpc) is 2.62. The van der Waals surface area contributed by atoms with Crippen molar-refractivity contribution in [3.63, 3.8) is 0 Å². The second-order valence-corrected chi connectivity index (χ2v) is 6.23. The number of methoxy groups -OCH3 is 1. The number of rotatable bonds is 5. The Kier molecular flexibility index (Phi) is 5.04. The minimum absolute atomic E-state index is 0.0476. The number of anilines is 2. The molecule has 0 heterocycles. The lowest BCUT2D eigenvalue weighted by Crippen LogP contribution is -2.32. The van der Waals surface area contributed by atoms with E-state index in [1.165, 1.54) is 24.0 Å². The molecule has 2 aromatic carbocycles. The summed E-state index contributed by atoms with van der Waals surface area (Å²) in [6, 6.07) is 13.4. The first-order valence-corrected chi connectivity index (χ1v) is 8.49. The maximum atomic E-state index is 12.4. The Morgan fingerprint density at radius 3 is 2.58 bits per heavy atom. The largest absolute Gasteiger partial charge is 0.497 e. The van der Waals surface area contributed by atoms with Gasteiger partial charge in [0, 0.05) is 11.4 Å². The summed E-state index contributed by atoms with van der Waals surface area (Å²) in [5.74, 6) is 0.726. The van der Waals surface area contributed by atoms with E-state index in [9.17, 15) is 4.79 Å². The zero-order valence-electron chi connectivity index (χ0n) is 14.3. The summed E-state index contributed by atoms with van der Waals surface area (Å²) in [7, 11) is 1.63. The molecule has 126 valence electrons. The predicted molar refractivity (Wildman–Crippen MR) is 97.8 cm³/mol. The van der Waals surface area contributed by atoms with Gasteiger partial charge in [0.1, 0.15) is 11.8 Å². The molecule has 0 saturated heterocycles.